The molecule has 1 fully saturated rings. The number of nitrogens with one attached hydrogen (secondary N) is 2. The first-order chi connectivity index (χ1) is 14.8. The molecule has 1 unspecified atom stereocenters. The number of nitrogens with zero attached hydrogens (tertiary/aromatic N) is 3. The van der Waals surface area contributed by atoms with E-state index in [1.807, 2.05) is 0 Å². The van der Waals surface area contributed by atoms with Gasteiger partial charge in [0.15, 0.2) is 10.8 Å². The van der Waals surface area contributed by atoms with E-state index < -0.39 is 41.7 Å². The smallest absolute Gasteiger partial charge is 0.543 e. The van der Waals surface area contributed by atoms with Crippen LogP contribution >= 0.6 is 34.7 Å². The molecule has 2 atom stereocenters. The summed E-state index contributed by atoms with van der Waals surface area (Å²) in [5.41, 5.74) is -0.377. The fourth-order valence-electron chi connectivity index (χ4n) is 2.89. The van der Waals surface area contributed by atoms with Gasteiger partial charge in [0.05, 0.1) is 18.3 Å². The van der Waals surface area contributed by atoms with Crippen LogP contribution in [0.25, 0.3) is 0 Å². The molecule has 2 aliphatic rings. The number of carboxylic acid groups (broad SMARTS) is 1. The Morgan fingerprint density at radius 2 is 2.19 bits per heavy atom. The maximum atomic E-state index is 12.8. The van der Waals surface area contributed by atoms with Crippen molar-refractivity contribution in [2.75, 3.05) is 30.7 Å². The topological polar surface area (TPSA) is 173 Å². The Hall–Kier alpha value is -1.68. The molecule has 3 amide bonds. The van der Waals surface area contributed by atoms with Crippen molar-refractivity contribution in [3.8, 4) is 0 Å². The number of carboxylic acids is 1. The van der Waals surface area contributed by atoms with Gasteiger partial charge in [-0.1, -0.05) is 5.16 Å². The molecule has 3 heterocycles. The molecule has 0 bridgehead atoms. The summed E-state index contributed by atoms with van der Waals surface area (Å²) in [5, 5.41) is 30.3. The minimum absolute atomic E-state index is 0. The number of aromatic nitrogens is 1. The van der Waals surface area contributed by atoms with Gasteiger partial charge in [0.25, 0.3) is 11.8 Å². The number of rotatable bonds is 8. The van der Waals surface area contributed by atoms with Crippen LogP contribution < -0.4 is 45.3 Å². The van der Waals surface area contributed by atoms with E-state index in [0.717, 1.165) is 16.2 Å². The Balaban J connectivity index is 0.00000363. The number of anilines is 1. The van der Waals surface area contributed by atoms with Crippen molar-refractivity contribution in [1.29, 1.82) is 0 Å². The molecule has 3 rings (SSSR count). The summed E-state index contributed by atoms with van der Waals surface area (Å²) in [6.07, 6.45) is 0. The molecule has 166 valence electrons. The number of carbonyl (C=O) groups is 4. The van der Waals surface area contributed by atoms with Crippen LogP contribution in [-0.2, 0) is 24.0 Å². The summed E-state index contributed by atoms with van der Waals surface area (Å²) in [4.78, 5) is 57.8. The number of halogens is 1. The van der Waals surface area contributed by atoms with Crippen molar-refractivity contribution in [2.45, 2.75) is 11.4 Å². The molecule has 1 saturated heterocycles. The zero-order chi connectivity index (χ0) is 22.7. The summed E-state index contributed by atoms with van der Waals surface area (Å²) >= 11 is 7.65. The number of thiazole rings is 1. The van der Waals surface area contributed by atoms with Crippen molar-refractivity contribution in [1.82, 2.24) is 15.2 Å². The van der Waals surface area contributed by atoms with Crippen LogP contribution in [0.1, 0.15) is 5.69 Å². The number of aliphatic hydroxyl groups excluding tert-OH is 1. The van der Waals surface area contributed by atoms with Gasteiger partial charge in [-0.3, -0.25) is 19.3 Å². The van der Waals surface area contributed by atoms with Crippen LogP contribution in [0, 0.1) is 0 Å². The number of fused-ring (bicyclic) bond motifs is 1. The second kappa shape index (κ2) is 11.4. The van der Waals surface area contributed by atoms with E-state index in [4.69, 9.17) is 16.4 Å². The average molecular weight is 512 g/mol. The van der Waals surface area contributed by atoms with Gasteiger partial charge in [0.2, 0.25) is 5.91 Å². The fraction of sp³-hybridized carbons (Fsp3) is 0.375. The number of thioether (sulfide) groups is 1. The van der Waals surface area contributed by atoms with Crippen molar-refractivity contribution in [3.63, 3.8) is 0 Å². The molecule has 1 aromatic heterocycles. The Morgan fingerprint density at radius 3 is 2.78 bits per heavy atom. The van der Waals surface area contributed by atoms with E-state index in [1.54, 1.807) is 0 Å². The van der Waals surface area contributed by atoms with E-state index in [9.17, 15) is 29.4 Å². The van der Waals surface area contributed by atoms with E-state index in [0.29, 0.717) is 0 Å². The van der Waals surface area contributed by atoms with Crippen LogP contribution in [0.2, 0.25) is 0 Å². The minimum atomic E-state index is -1.58. The number of amides is 3. The van der Waals surface area contributed by atoms with Gasteiger partial charge in [-0.2, -0.15) is 0 Å². The molecule has 2 aliphatic heterocycles. The summed E-state index contributed by atoms with van der Waals surface area (Å²) in [7, 11) is 1.22. The van der Waals surface area contributed by atoms with Crippen LogP contribution in [0.15, 0.2) is 21.8 Å². The summed E-state index contributed by atoms with van der Waals surface area (Å²) < 4.78 is 0. The zero-order valence-electron chi connectivity index (χ0n) is 16.8. The van der Waals surface area contributed by atoms with Gasteiger partial charge in [0, 0.05) is 11.1 Å². The maximum absolute atomic E-state index is 12.8. The largest absolute Gasteiger partial charge is 1.00 e. The monoisotopic (exact) mass is 511 g/mol. The van der Waals surface area contributed by atoms with Gasteiger partial charge >= 0.3 is 29.6 Å². The Bertz CT molecular complexity index is 1000. The third-order valence-corrected chi connectivity index (χ3v) is 6.57. The predicted octanol–water partition coefficient (Wildman–Crippen LogP) is -4.93. The Labute approximate surface area is 216 Å². The molecule has 32 heavy (non-hydrogen) atoms. The molecule has 1 aromatic rings. The van der Waals surface area contributed by atoms with Gasteiger partial charge in [0.1, 0.15) is 30.1 Å². The summed E-state index contributed by atoms with van der Waals surface area (Å²) in [6.45, 7) is -0.527. The van der Waals surface area contributed by atoms with Crippen LogP contribution in [0.4, 0.5) is 5.13 Å². The molecule has 0 radical (unpaired) electrons. The average Bonchev–Trinajstić information content (AvgIpc) is 3.21. The number of carbonyl (C=O) groups excluding carboxylic acids is 4. The third kappa shape index (κ3) is 5.27. The molecular weight excluding hydrogens is 497 g/mol. The number of aliphatic hydroxyl groups is 1. The molecule has 0 aliphatic carbocycles. The first kappa shape index (κ1) is 26.6. The first-order valence-electron chi connectivity index (χ1n) is 8.55. The molecule has 0 spiro atoms. The molecule has 16 heteroatoms. The van der Waals surface area contributed by atoms with E-state index in [1.165, 1.54) is 24.3 Å². The van der Waals surface area contributed by atoms with Crippen molar-refractivity contribution in [2.24, 2.45) is 5.16 Å². The number of oxime groups is 1. The Kier molecular flexibility index (Phi) is 9.51. The summed E-state index contributed by atoms with van der Waals surface area (Å²) in [5.74, 6) is -3.62. The molecular formula is C16H15ClN5NaO7S2. The zero-order valence-corrected chi connectivity index (χ0v) is 21.2. The predicted molar refractivity (Wildman–Crippen MR) is 109 cm³/mol. The Morgan fingerprint density at radius 1 is 1.47 bits per heavy atom. The number of alkyl halides is 1. The van der Waals surface area contributed by atoms with Crippen LogP contribution in [0.5, 0.6) is 0 Å². The quantitative estimate of drug-likeness (QED) is 0.102. The van der Waals surface area contributed by atoms with Crippen molar-refractivity contribution < 1.29 is 63.8 Å². The summed E-state index contributed by atoms with van der Waals surface area (Å²) in [6, 6.07) is -1.02. The number of hydrogen-bond donors (Lipinski definition) is 3. The SMILES string of the molecule is CO/N=C(\C(=O)NC1C(=O)N2C(C(=O)[O-])=C(CO)CS[C@@H]12)c1csc(NC(=O)CCl)n1.[Na+]. The number of hydrogen-bond acceptors (Lipinski definition) is 11. The first-order valence-corrected chi connectivity index (χ1v) is 11.0. The molecule has 12 nitrogen and oxygen atoms in total. The van der Waals surface area contributed by atoms with Gasteiger partial charge in [-0.25, -0.2) is 4.98 Å². The van der Waals surface area contributed by atoms with Gasteiger partial charge in [-0.05, 0) is 5.57 Å². The van der Waals surface area contributed by atoms with Crippen LogP contribution in [0.3, 0.4) is 0 Å². The molecule has 0 saturated carbocycles. The maximum Gasteiger partial charge on any atom is 1.00 e. The van der Waals surface area contributed by atoms with Crippen LogP contribution in [-0.4, -0.2) is 81.2 Å². The van der Waals surface area contributed by atoms with E-state index in [2.05, 4.69) is 20.8 Å². The second-order valence-corrected chi connectivity index (χ2v) is 8.33. The van der Waals surface area contributed by atoms with Crippen molar-refractivity contribution in [3.05, 3.63) is 22.3 Å². The van der Waals surface area contributed by atoms with Crippen molar-refractivity contribution >= 4 is 69.2 Å². The minimum Gasteiger partial charge on any atom is -0.543 e. The third-order valence-electron chi connectivity index (χ3n) is 4.23. The number of aliphatic carboxylic acids is 1. The molecule has 3 N–H and O–H groups in total. The number of β-lactam (4-membered cyclic amide) rings is 1. The van der Waals surface area contributed by atoms with E-state index in [-0.39, 0.29) is 69.0 Å². The fourth-order valence-corrected chi connectivity index (χ4v) is 5.00. The van der Waals surface area contributed by atoms with E-state index >= 15 is 0 Å². The standard InChI is InChI=1S/C16H16ClN5O7S2.Na/c1-29-21-9(7-5-31-16(18-7)19-8(24)2-17)12(25)20-10-13(26)22-11(15(27)28)6(3-23)4-30-14(10)22;/h5,10,14,23H,2-4H2,1H3,(H,20,25)(H,27,28)(H,18,19,24);/q;+1/p-1/b21-9-;/t10?,14-;/m0./s1. The molecule has 0 aromatic carbocycles. The second-order valence-electron chi connectivity index (χ2n) is 6.10. The van der Waals surface area contributed by atoms with Gasteiger partial charge in [-0.15, -0.1) is 34.7 Å². The van der Waals surface area contributed by atoms with Gasteiger partial charge < -0.3 is 30.5 Å². The normalized spacial score (nSPS) is 20.0.